The predicted octanol–water partition coefficient (Wildman–Crippen LogP) is 0.940. The highest BCUT2D eigenvalue weighted by Crippen LogP contribution is 2.55. The van der Waals surface area contributed by atoms with Crippen LogP contribution in [-0.4, -0.2) is 55.1 Å². The molecule has 0 unspecified atom stereocenters. The van der Waals surface area contributed by atoms with Gasteiger partial charge in [0.15, 0.2) is 23.0 Å². The molecule has 7 heteroatoms. The summed E-state index contributed by atoms with van der Waals surface area (Å²) >= 11 is 0. The number of aliphatic hydroxyl groups is 1. The van der Waals surface area contributed by atoms with Gasteiger partial charge in [-0.15, -0.1) is 0 Å². The second-order valence-electron chi connectivity index (χ2n) is 5.89. The van der Waals surface area contributed by atoms with E-state index in [-0.39, 0.29) is 59.1 Å². The Kier molecular flexibility index (Phi) is 3.41. The molecular weight excluding hydrogens is 315 g/mol. The third-order valence-electron chi connectivity index (χ3n) is 4.50. The molecule has 3 radical (unpaired) electrons. The van der Waals surface area contributed by atoms with Gasteiger partial charge in [-0.3, -0.25) is 0 Å². The van der Waals surface area contributed by atoms with Gasteiger partial charge in [0.25, 0.3) is 0 Å². The summed E-state index contributed by atoms with van der Waals surface area (Å²) in [6, 6.07) is 5.77. The predicted molar refractivity (Wildman–Crippen MR) is 81.3 cm³/mol. The van der Waals surface area contributed by atoms with E-state index < -0.39 is 11.5 Å². The third kappa shape index (κ3) is 2.05. The molecule has 1 aliphatic heterocycles. The van der Waals surface area contributed by atoms with Crippen molar-refractivity contribution in [1.82, 2.24) is 0 Å². The van der Waals surface area contributed by atoms with Crippen molar-refractivity contribution < 1.29 is 30.3 Å². The van der Waals surface area contributed by atoms with Crippen molar-refractivity contribution in [2.24, 2.45) is 0 Å². The van der Waals surface area contributed by atoms with Crippen molar-refractivity contribution in [1.29, 1.82) is 0 Å². The molecule has 23 heavy (non-hydrogen) atoms. The molecule has 0 amide bonds. The third-order valence-corrected chi connectivity index (χ3v) is 4.50. The van der Waals surface area contributed by atoms with E-state index in [9.17, 15) is 25.5 Å². The van der Waals surface area contributed by atoms with Crippen LogP contribution < -0.4 is 4.74 Å². The topological polar surface area (TPSA) is 110 Å². The minimum Gasteiger partial charge on any atom is -0.504 e. The summed E-state index contributed by atoms with van der Waals surface area (Å²) in [6.45, 7) is -0.0577. The van der Waals surface area contributed by atoms with Crippen molar-refractivity contribution in [3.63, 3.8) is 0 Å². The van der Waals surface area contributed by atoms with Crippen LogP contribution in [0, 0.1) is 0 Å². The van der Waals surface area contributed by atoms with Crippen LogP contribution in [0.4, 0.5) is 0 Å². The van der Waals surface area contributed by atoms with Gasteiger partial charge in [0.2, 0.25) is 5.75 Å². The molecule has 1 heterocycles. The Labute approximate surface area is 142 Å². The van der Waals surface area contributed by atoms with Crippen molar-refractivity contribution in [2.75, 3.05) is 6.61 Å². The van der Waals surface area contributed by atoms with Crippen LogP contribution in [0.15, 0.2) is 24.3 Å². The lowest BCUT2D eigenvalue weighted by atomic mass is 9.80. The van der Waals surface area contributed by atoms with Gasteiger partial charge >= 0.3 is 0 Å². The molecule has 0 bridgehead atoms. The van der Waals surface area contributed by atoms with Gasteiger partial charge in [0, 0.05) is 35.3 Å². The van der Waals surface area contributed by atoms with E-state index >= 15 is 0 Å². The summed E-state index contributed by atoms with van der Waals surface area (Å²) in [4.78, 5) is 0. The van der Waals surface area contributed by atoms with E-state index in [0.717, 1.165) is 0 Å². The summed E-state index contributed by atoms with van der Waals surface area (Å²) in [5.74, 6) is -1.54. The number of hydrogen-bond donors (Lipinski definition) is 5. The second kappa shape index (κ2) is 4.97. The zero-order chi connectivity index (χ0) is 15.6. The van der Waals surface area contributed by atoms with Gasteiger partial charge in [0.1, 0.15) is 12.2 Å². The Morgan fingerprint density at radius 3 is 2.39 bits per heavy atom. The maximum atomic E-state index is 10.9. The maximum Gasteiger partial charge on any atom is 0.200 e. The van der Waals surface area contributed by atoms with Crippen molar-refractivity contribution in [3.05, 3.63) is 41.0 Å². The van der Waals surface area contributed by atoms with Crippen LogP contribution >= 0.6 is 0 Å². The van der Waals surface area contributed by atoms with E-state index in [1.165, 1.54) is 18.2 Å². The normalized spacial score (nSPS) is 24.0. The monoisotopic (exact) mass is 329 g/mol. The van der Waals surface area contributed by atoms with Crippen LogP contribution in [0.3, 0.4) is 0 Å². The average molecular weight is 329 g/mol. The lowest BCUT2D eigenvalue weighted by Crippen LogP contribution is -2.43. The van der Waals surface area contributed by atoms with Crippen LogP contribution in [0.5, 0.6) is 28.7 Å². The number of phenols is 4. The van der Waals surface area contributed by atoms with Crippen LogP contribution in [0.25, 0.3) is 0 Å². The highest BCUT2D eigenvalue weighted by Gasteiger charge is 2.51. The number of ether oxygens (including phenoxy) is 1. The number of hydrogen-bond acceptors (Lipinski definition) is 6. The van der Waals surface area contributed by atoms with Gasteiger partial charge < -0.3 is 30.3 Å². The Morgan fingerprint density at radius 1 is 0.957 bits per heavy atom. The van der Waals surface area contributed by atoms with Crippen LogP contribution in [0.1, 0.15) is 22.6 Å². The van der Waals surface area contributed by atoms with Crippen molar-refractivity contribution >= 4 is 17.4 Å². The first-order chi connectivity index (χ1) is 10.4. The standard InChI is InChI=1S/C16H14O6.Al/c17-10-2-1-8-13-9-4-12(19)11(18)3-7(9)5-16(13,21)6-22-15(8)14(10)20;/h1-4,13,17-21H,5-6H2;/t13-,16+;/m1./s1. The molecule has 0 saturated heterocycles. The quantitative estimate of drug-likeness (QED) is 0.363. The van der Waals surface area contributed by atoms with E-state index in [0.29, 0.717) is 16.7 Å². The smallest absolute Gasteiger partial charge is 0.200 e. The van der Waals surface area contributed by atoms with Gasteiger partial charge in [-0.05, 0) is 29.3 Å². The van der Waals surface area contributed by atoms with Crippen molar-refractivity contribution in [3.8, 4) is 28.7 Å². The minimum absolute atomic E-state index is 0. The summed E-state index contributed by atoms with van der Waals surface area (Å²) < 4.78 is 5.46. The molecule has 0 spiro atoms. The maximum absolute atomic E-state index is 10.9. The first-order valence-corrected chi connectivity index (χ1v) is 6.85. The summed E-state index contributed by atoms with van der Waals surface area (Å²) in [7, 11) is 0. The first kappa shape index (κ1) is 15.8. The molecule has 0 fully saturated rings. The SMILES string of the molecule is Oc1cc2c(cc1O)[C@H]1c3ccc(O)c(O)c3OC[C@@]1(O)C2.[Al]. The van der Waals surface area contributed by atoms with E-state index in [4.69, 9.17) is 4.74 Å². The molecule has 2 aliphatic rings. The molecule has 4 rings (SSSR count). The van der Waals surface area contributed by atoms with Gasteiger partial charge in [-0.1, -0.05) is 6.07 Å². The fourth-order valence-electron chi connectivity index (χ4n) is 3.52. The zero-order valence-corrected chi connectivity index (χ0v) is 13.2. The molecular formula is C16H14AlO6. The fraction of sp³-hybridized carbons (Fsp3) is 0.250. The molecule has 2 aromatic carbocycles. The average Bonchev–Trinajstić information content (AvgIpc) is 2.75. The van der Waals surface area contributed by atoms with E-state index in [2.05, 4.69) is 0 Å². The second-order valence-corrected chi connectivity index (χ2v) is 5.89. The van der Waals surface area contributed by atoms with Crippen molar-refractivity contribution in [2.45, 2.75) is 17.9 Å². The van der Waals surface area contributed by atoms with Gasteiger partial charge in [-0.2, -0.15) is 0 Å². The molecule has 2 aromatic rings. The molecule has 2 atom stereocenters. The molecule has 5 N–H and O–H groups in total. The number of phenolic OH excluding ortho intramolecular Hbond substituents is 4. The molecule has 1 aliphatic carbocycles. The molecule has 0 aromatic heterocycles. The summed E-state index contributed by atoms with van der Waals surface area (Å²) in [5.41, 5.74) is 0.700. The summed E-state index contributed by atoms with van der Waals surface area (Å²) in [5, 5.41) is 49.8. The number of benzene rings is 2. The first-order valence-electron chi connectivity index (χ1n) is 6.85. The van der Waals surface area contributed by atoms with Gasteiger partial charge in [-0.25, -0.2) is 0 Å². The highest BCUT2D eigenvalue weighted by molar-refractivity contribution is 5.75. The summed E-state index contributed by atoms with van der Waals surface area (Å²) in [6.07, 6.45) is 0.266. The zero-order valence-electron chi connectivity index (χ0n) is 12.0. The lowest BCUT2D eigenvalue weighted by Gasteiger charge is -2.36. The number of aromatic hydroxyl groups is 4. The van der Waals surface area contributed by atoms with Crippen LogP contribution in [0.2, 0.25) is 0 Å². The highest BCUT2D eigenvalue weighted by atomic mass is 27.0. The molecule has 117 valence electrons. The van der Waals surface area contributed by atoms with Gasteiger partial charge in [0.05, 0.1) is 0 Å². The largest absolute Gasteiger partial charge is 0.504 e. The van der Waals surface area contributed by atoms with Crippen LogP contribution in [-0.2, 0) is 6.42 Å². The molecule has 0 saturated carbocycles. The number of fused-ring (bicyclic) bond motifs is 5. The molecule has 6 nitrogen and oxygen atoms in total. The lowest BCUT2D eigenvalue weighted by molar-refractivity contribution is -0.0228. The van der Waals surface area contributed by atoms with E-state index in [1.807, 2.05) is 0 Å². The number of rotatable bonds is 0. The Morgan fingerprint density at radius 2 is 1.65 bits per heavy atom. The van der Waals surface area contributed by atoms with E-state index in [1.54, 1.807) is 6.07 Å². The Hall–Kier alpha value is -2.07. The fourth-order valence-corrected chi connectivity index (χ4v) is 3.52. The minimum atomic E-state index is -1.22. The Balaban J connectivity index is 0.00000156. The Bertz CT molecular complexity index is 806.